The van der Waals surface area contributed by atoms with Crippen LogP contribution in [0.2, 0.25) is 0 Å². The first kappa shape index (κ1) is 12.1. The molecular formula is C12H15NO3S. The van der Waals surface area contributed by atoms with Crippen LogP contribution < -0.4 is 0 Å². The maximum absolute atomic E-state index is 12.1. The molecule has 0 spiro atoms. The average Bonchev–Trinajstić information content (AvgIpc) is 2.96. The molecule has 1 aromatic rings. The largest absolute Gasteiger partial charge is 0.469 e. The molecule has 92 valence electrons. The Kier molecular flexibility index (Phi) is 3.47. The van der Waals surface area contributed by atoms with E-state index in [0.717, 1.165) is 4.88 Å². The van der Waals surface area contributed by atoms with Gasteiger partial charge in [-0.05, 0) is 17.4 Å². The Hall–Kier alpha value is -1.36. The summed E-state index contributed by atoms with van der Waals surface area (Å²) in [4.78, 5) is 26.1. The van der Waals surface area contributed by atoms with E-state index < -0.39 is 0 Å². The van der Waals surface area contributed by atoms with Crippen LogP contribution in [-0.2, 0) is 9.53 Å². The molecule has 1 amide bonds. The molecule has 1 aliphatic rings. The lowest BCUT2D eigenvalue weighted by Gasteiger charge is -2.14. The van der Waals surface area contributed by atoms with Crippen molar-refractivity contribution in [2.24, 2.45) is 11.8 Å². The molecule has 17 heavy (non-hydrogen) atoms. The van der Waals surface area contributed by atoms with Crippen LogP contribution in [0.3, 0.4) is 0 Å². The monoisotopic (exact) mass is 253 g/mol. The summed E-state index contributed by atoms with van der Waals surface area (Å²) in [6, 6.07) is 3.67. The zero-order chi connectivity index (χ0) is 12.4. The quantitative estimate of drug-likeness (QED) is 0.753. The van der Waals surface area contributed by atoms with E-state index in [2.05, 4.69) is 0 Å². The highest BCUT2D eigenvalue weighted by Gasteiger charge is 2.38. The topological polar surface area (TPSA) is 46.6 Å². The molecule has 1 fully saturated rings. The van der Waals surface area contributed by atoms with Crippen molar-refractivity contribution >= 4 is 23.2 Å². The maximum atomic E-state index is 12.1. The first-order valence-electron chi connectivity index (χ1n) is 5.54. The highest BCUT2D eigenvalue weighted by Crippen LogP contribution is 2.26. The predicted octanol–water partition coefficient (Wildman–Crippen LogP) is 1.63. The molecule has 0 radical (unpaired) electrons. The summed E-state index contributed by atoms with van der Waals surface area (Å²) in [5, 5.41) is 1.88. The van der Waals surface area contributed by atoms with Gasteiger partial charge in [0, 0.05) is 13.1 Å². The van der Waals surface area contributed by atoms with Crippen molar-refractivity contribution in [1.82, 2.24) is 4.90 Å². The minimum absolute atomic E-state index is 0.0123. The number of thiophene rings is 1. The van der Waals surface area contributed by atoms with Gasteiger partial charge in [-0.15, -0.1) is 11.3 Å². The van der Waals surface area contributed by atoms with E-state index in [1.165, 1.54) is 18.4 Å². The number of ether oxygens (including phenoxy) is 1. The second-order valence-corrected chi connectivity index (χ2v) is 5.24. The van der Waals surface area contributed by atoms with Crippen molar-refractivity contribution in [2.45, 2.75) is 6.92 Å². The molecule has 2 unspecified atom stereocenters. The number of rotatable bonds is 2. The standard InChI is InChI=1S/C12H15NO3S/c1-8-6-13(7-9(8)12(15)16-2)11(14)10-4-3-5-17-10/h3-5,8-9H,6-7H2,1-2H3. The normalized spacial score (nSPS) is 23.8. The summed E-state index contributed by atoms with van der Waals surface area (Å²) in [6.45, 7) is 3.06. The Morgan fingerprint density at radius 1 is 1.47 bits per heavy atom. The van der Waals surface area contributed by atoms with Gasteiger partial charge < -0.3 is 9.64 Å². The molecule has 2 atom stereocenters. The zero-order valence-electron chi connectivity index (χ0n) is 9.88. The van der Waals surface area contributed by atoms with Crippen LogP contribution in [0, 0.1) is 11.8 Å². The molecule has 2 heterocycles. The Balaban J connectivity index is 2.06. The van der Waals surface area contributed by atoms with Gasteiger partial charge in [-0.2, -0.15) is 0 Å². The molecule has 2 rings (SSSR count). The molecule has 0 bridgehead atoms. The summed E-state index contributed by atoms with van der Waals surface area (Å²) in [5.41, 5.74) is 0. The number of hydrogen-bond donors (Lipinski definition) is 0. The number of amides is 1. The van der Waals surface area contributed by atoms with E-state index in [1.54, 1.807) is 4.90 Å². The summed E-state index contributed by atoms with van der Waals surface area (Å²) in [7, 11) is 1.39. The molecule has 1 aliphatic heterocycles. The molecule has 5 heteroatoms. The van der Waals surface area contributed by atoms with E-state index in [9.17, 15) is 9.59 Å². The molecular weight excluding hydrogens is 238 g/mol. The van der Waals surface area contributed by atoms with E-state index in [1.807, 2.05) is 24.4 Å². The van der Waals surface area contributed by atoms with Gasteiger partial charge >= 0.3 is 5.97 Å². The number of likely N-dealkylation sites (tertiary alicyclic amines) is 1. The van der Waals surface area contributed by atoms with Crippen molar-refractivity contribution in [2.75, 3.05) is 20.2 Å². The SMILES string of the molecule is COC(=O)C1CN(C(=O)c2cccs2)CC1C. The van der Waals surface area contributed by atoms with Gasteiger partial charge in [0.1, 0.15) is 0 Å². The number of carbonyl (C=O) groups excluding carboxylic acids is 2. The fourth-order valence-corrected chi connectivity index (χ4v) is 2.84. The van der Waals surface area contributed by atoms with Gasteiger partial charge in [-0.1, -0.05) is 13.0 Å². The van der Waals surface area contributed by atoms with Gasteiger partial charge in [0.05, 0.1) is 17.9 Å². The first-order chi connectivity index (χ1) is 8.13. The number of esters is 1. The molecule has 4 nitrogen and oxygen atoms in total. The van der Waals surface area contributed by atoms with E-state index >= 15 is 0 Å². The molecule has 0 N–H and O–H groups in total. The van der Waals surface area contributed by atoms with Crippen LogP contribution in [0.5, 0.6) is 0 Å². The lowest BCUT2D eigenvalue weighted by Crippen LogP contribution is -2.29. The summed E-state index contributed by atoms with van der Waals surface area (Å²) >= 11 is 1.43. The third kappa shape index (κ3) is 2.34. The first-order valence-corrected chi connectivity index (χ1v) is 6.42. The summed E-state index contributed by atoms with van der Waals surface area (Å²) in [6.07, 6.45) is 0. The van der Waals surface area contributed by atoms with E-state index in [-0.39, 0.29) is 23.7 Å². The average molecular weight is 253 g/mol. The predicted molar refractivity (Wildman–Crippen MR) is 64.9 cm³/mol. The molecule has 0 saturated carbocycles. The van der Waals surface area contributed by atoms with E-state index in [0.29, 0.717) is 13.1 Å². The minimum atomic E-state index is -0.223. The zero-order valence-corrected chi connectivity index (χ0v) is 10.7. The maximum Gasteiger partial charge on any atom is 0.310 e. The highest BCUT2D eigenvalue weighted by molar-refractivity contribution is 7.12. The fourth-order valence-electron chi connectivity index (χ4n) is 2.15. The molecule has 1 aromatic heterocycles. The van der Waals surface area contributed by atoms with Gasteiger partial charge in [0.25, 0.3) is 5.91 Å². The van der Waals surface area contributed by atoms with Crippen molar-refractivity contribution in [3.8, 4) is 0 Å². The van der Waals surface area contributed by atoms with Gasteiger partial charge in [-0.25, -0.2) is 0 Å². The van der Waals surface area contributed by atoms with Crippen LogP contribution >= 0.6 is 11.3 Å². The lowest BCUT2D eigenvalue weighted by atomic mass is 9.99. The van der Waals surface area contributed by atoms with Crippen LogP contribution in [-0.4, -0.2) is 37.0 Å². The minimum Gasteiger partial charge on any atom is -0.469 e. The molecule has 0 aromatic carbocycles. The third-order valence-corrected chi connectivity index (χ3v) is 3.99. The van der Waals surface area contributed by atoms with Crippen molar-refractivity contribution < 1.29 is 14.3 Å². The van der Waals surface area contributed by atoms with Crippen molar-refractivity contribution in [3.63, 3.8) is 0 Å². The van der Waals surface area contributed by atoms with Gasteiger partial charge in [-0.3, -0.25) is 9.59 Å². The van der Waals surface area contributed by atoms with Gasteiger partial charge in [0.2, 0.25) is 0 Å². The number of carbonyl (C=O) groups is 2. The highest BCUT2D eigenvalue weighted by atomic mass is 32.1. The van der Waals surface area contributed by atoms with Gasteiger partial charge in [0.15, 0.2) is 0 Å². The second kappa shape index (κ2) is 4.87. The fraction of sp³-hybridized carbons (Fsp3) is 0.500. The number of methoxy groups -OCH3 is 1. The van der Waals surface area contributed by atoms with Crippen LogP contribution in [0.4, 0.5) is 0 Å². The van der Waals surface area contributed by atoms with E-state index in [4.69, 9.17) is 4.74 Å². The lowest BCUT2D eigenvalue weighted by molar-refractivity contribution is -0.145. The second-order valence-electron chi connectivity index (χ2n) is 4.29. The van der Waals surface area contributed by atoms with Crippen molar-refractivity contribution in [3.05, 3.63) is 22.4 Å². The van der Waals surface area contributed by atoms with Crippen LogP contribution in [0.15, 0.2) is 17.5 Å². The van der Waals surface area contributed by atoms with Crippen molar-refractivity contribution in [1.29, 1.82) is 0 Å². The Bertz CT molecular complexity index is 415. The Morgan fingerprint density at radius 2 is 2.24 bits per heavy atom. The van der Waals surface area contributed by atoms with Crippen LogP contribution in [0.25, 0.3) is 0 Å². The summed E-state index contributed by atoms with van der Waals surface area (Å²) in [5.74, 6) is -0.243. The number of hydrogen-bond acceptors (Lipinski definition) is 4. The third-order valence-electron chi connectivity index (χ3n) is 3.14. The molecule has 0 aliphatic carbocycles. The van der Waals surface area contributed by atoms with Crippen LogP contribution in [0.1, 0.15) is 16.6 Å². The Labute approximate surface area is 104 Å². The number of nitrogens with zero attached hydrogens (tertiary/aromatic N) is 1. The smallest absolute Gasteiger partial charge is 0.310 e. The molecule has 1 saturated heterocycles. The summed E-state index contributed by atoms with van der Waals surface area (Å²) < 4.78 is 4.75. The Morgan fingerprint density at radius 3 is 2.82 bits per heavy atom.